The van der Waals surface area contributed by atoms with Gasteiger partial charge in [0.15, 0.2) is 0 Å². The van der Waals surface area contributed by atoms with E-state index in [1.165, 1.54) is 20.2 Å². The molecule has 0 unspecified atom stereocenters. The van der Waals surface area contributed by atoms with E-state index in [0.717, 1.165) is 0 Å². The van der Waals surface area contributed by atoms with E-state index in [1.54, 1.807) is 12.1 Å². The minimum absolute atomic E-state index is 0.0913. The number of carbonyl (C=O) groups excluding carboxylic acids is 2. The molecule has 2 amide bonds. The molecule has 0 aliphatic carbocycles. The van der Waals surface area contributed by atoms with Gasteiger partial charge in [0.2, 0.25) is 5.91 Å². The van der Waals surface area contributed by atoms with Gasteiger partial charge in [-0.25, -0.2) is 0 Å². The van der Waals surface area contributed by atoms with E-state index in [-0.39, 0.29) is 18.0 Å². The molecule has 0 bridgehead atoms. The Morgan fingerprint density at radius 2 is 2.12 bits per heavy atom. The molecular weight excluding hydrogens is 222 g/mol. The lowest BCUT2D eigenvalue weighted by molar-refractivity contribution is -0.119. The summed E-state index contributed by atoms with van der Waals surface area (Å²) in [6.45, 7) is -0.0913. The summed E-state index contributed by atoms with van der Waals surface area (Å²) in [5.74, 6) is -0.158. The topological polar surface area (TPSA) is 93.5 Å². The number of nitrogen functional groups attached to an aromatic ring is 1. The number of ether oxygens (including phenoxy) is 1. The molecule has 17 heavy (non-hydrogen) atoms. The molecule has 4 N–H and O–H groups in total. The molecule has 0 fully saturated rings. The number of nitrogens with two attached hydrogens (primary N) is 1. The fourth-order valence-electron chi connectivity index (χ4n) is 1.20. The van der Waals surface area contributed by atoms with Crippen molar-refractivity contribution in [3.8, 4) is 5.75 Å². The Morgan fingerprint density at radius 1 is 1.41 bits per heavy atom. The molecule has 1 aromatic rings. The first-order valence-corrected chi connectivity index (χ1v) is 5.00. The molecule has 1 aromatic carbocycles. The minimum atomic E-state index is -0.412. The van der Waals surface area contributed by atoms with E-state index < -0.39 is 5.91 Å². The van der Waals surface area contributed by atoms with Crippen molar-refractivity contribution in [3.05, 3.63) is 23.8 Å². The number of carbonyl (C=O) groups is 2. The first-order valence-electron chi connectivity index (χ1n) is 5.00. The molecule has 1 rings (SSSR count). The number of benzene rings is 1. The van der Waals surface area contributed by atoms with Gasteiger partial charge in [0.05, 0.1) is 19.2 Å². The number of anilines is 1. The summed E-state index contributed by atoms with van der Waals surface area (Å²) in [5, 5.41) is 4.85. The SMILES string of the molecule is CNC(=O)CNC(=O)c1cc(OC)ccc1N. The number of likely N-dealkylation sites (N-methyl/N-ethyl adjacent to an activating group) is 1. The Labute approximate surface area is 99.1 Å². The van der Waals surface area contributed by atoms with Crippen molar-refractivity contribution in [2.45, 2.75) is 0 Å². The summed E-state index contributed by atoms with van der Waals surface area (Å²) >= 11 is 0. The fraction of sp³-hybridized carbons (Fsp3) is 0.273. The van der Waals surface area contributed by atoms with E-state index >= 15 is 0 Å². The summed E-state index contributed by atoms with van der Waals surface area (Å²) in [4.78, 5) is 22.7. The lowest BCUT2D eigenvalue weighted by atomic mass is 10.1. The maximum absolute atomic E-state index is 11.7. The van der Waals surface area contributed by atoms with Crippen LogP contribution in [0.1, 0.15) is 10.4 Å². The van der Waals surface area contributed by atoms with Gasteiger partial charge < -0.3 is 21.1 Å². The third-order valence-electron chi connectivity index (χ3n) is 2.19. The minimum Gasteiger partial charge on any atom is -0.497 e. The summed E-state index contributed by atoms with van der Waals surface area (Å²) in [6, 6.07) is 4.76. The summed E-state index contributed by atoms with van der Waals surface area (Å²) in [5.41, 5.74) is 6.29. The van der Waals surface area contributed by atoms with Gasteiger partial charge in [0.1, 0.15) is 5.75 Å². The van der Waals surface area contributed by atoms with Gasteiger partial charge >= 0.3 is 0 Å². The highest BCUT2D eigenvalue weighted by Crippen LogP contribution is 2.19. The molecule has 6 heteroatoms. The zero-order valence-electron chi connectivity index (χ0n) is 9.74. The van der Waals surface area contributed by atoms with E-state index in [9.17, 15) is 9.59 Å². The Bertz CT molecular complexity index is 432. The molecule has 0 spiro atoms. The molecule has 92 valence electrons. The fourth-order valence-corrected chi connectivity index (χ4v) is 1.20. The number of nitrogens with one attached hydrogen (secondary N) is 2. The second-order valence-corrected chi connectivity index (χ2v) is 3.31. The van der Waals surface area contributed by atoms with Crippen LogP contribution in [0.5, 0.6) is 5.75 Å². The standard InChI is InChI=1S/C11H15N3O3/c1-13-10(15)6-14-11(16)8-5-7(17-2)3-4-9(8)12/h3-5H,6,12H2,1-2H3,(H,13,15)(H,14,16). The Balaban J connectivity index is 2.77. The normalized spacial score (nSPS) is 9.53. The maximum atomic E-state index is 11.7. The highest BCUT2D eigenvalue weighted by Gasteiger charge is 2.11. The molecule has 0 saturated heterocycles. The predicted octanol–water partition coefficient (Wildman–Crippen LogP) is -0.247. The second kappa shape index (κ2) is 5.74. The van der Waals surface area contributed by atoms with Crippen LogP contribution in [0.25, 0.3) is 0 Å². The quantitative estimate of drug-likeness (QED) is 0.630. The monoisotopic (exact) mass is 237 g/mol. The van der Waals surface area contributed by atoms with Crippen LogP contribution < -0.4 is 21.1 Å². The van der Waals surface area contributed by atoms with Gasteiger partial charge in [-0.05, 0) is 18.2 Å². The lowest BCUT2D eigenvalue weighted by Gasteiger charge is -2.08. The van der Waals surface area contributed by atoms with Crippen molar-refractivity contribution in [3.63, 3.8) is 0 Å². The van der Waals surface area contributed by atoms with E-state index in [2.05, 4.69) is 10.6 Å². The number of rotatable bonds is 4. The average molecular weight is 237 g/mol. The summed E-state index contributed by atoms with van der Waals surface area (Å²) in [6.07, 6.45) is 0. The Morgan fingerprint density at radius 3 is 2.71 bits per heavy atom. The Kier molecular flexibility index (Phi) is 4.33. The smallest absolute Gasteiger partial charge is 0.253 e. The van der Waals surface area contributed by atoms with Gasteiger partial charge in [0, 0.05) is 12.7 Å². The van der Waals surface area contributed by atoms with Crippen LogP contribution in [0.15, 0.2) is 18.2 Å². The van der Waals surface area contributed by atoms with E-state index in [0.29, 0.717) is 11.4 Å². The molecule has 0 heterocycles. The van der Waals surface area contributed by atoms with Crippen LogP contribution in [-0.4, -0.2) is 32.5 Å². The predicted molar refractivity (Wildman–Crippen MR) is 63.8 cm³/mol. The highest BCUT2D eigenvalue weighted by atomic mass is 16.5. The number of amides is 2. The van der Waals surface area contributed by atoms with Crippen LogP contribution in [0, 0.1) is 0 Å². The van der Waals surface area contributed by atoms with Crippen molar-refractivity contribution >= 4 is 17.5 Å². The first kappa shape index (κ1) is 12.8. The van der Waals surface area contributed by atoms with E-state index in [1.807, 2.05) is 0 Å². The van der Waals surface area contributed by atoms with Crippen molar-refractivity contribution in [2.75, 3.05) is 26.4 Å². The van der Waals surface area contributed by atoms with Gasteiger partial charge in [0.25, 0.3) is 5.91 Å². The number of hydrogen-bond donors (Lipinski definition) is 3. The third-order valence-corrected chi connectivity index (χ3v) is 2.19. The van der Waals surface area contributed by atoms with Crippen LogP contribution in [0.3, 0.4) is 0 Å². The first-order chi connectivity index (χ1) is 8.08. The number of hydrogen-bond acceptors (Lipinski definition) is 4. The second-order valence-electron chi connectivity index (χ2n) is 3.31. The van der Waals surface area contributed by atoms with Crippen molar-refractivity contribution < 1.29 is 14.3 Å². The molecule has 0 aliphatic rings. The molecule has 6 nitrogen and oxygen atoms in total. The van der Waals surface area contributed by atoms with Crippen molar-refractivity contribution in [1.82, 2.24) is 10.6 Å². The van der Waals surface area contributed by atoms with Gasteiger partial charge in [-0.3, -0.25) is 9.59 Å². The van der Waals surface area contributed by atoms with E-state index in [4.69, 9.17) is 10.5 Å². The van der Waals surface area contributed by atoms with Crippen LogP contribution in [0.4, 0.5) is 5.69 Å². The molecule has 0 aromatic heterocycles. The molecule has 0 saturated carbocycles. The maximum Gasteiger partial charge on any atom is 0.253 e. The molecule has 0 atom stereocenters. The van der Waals surface area contributed by atoms with Gasteiger partial charge in [-0.1, -0.05) is 0 Å². The zero-order chi connectivity index (χ0) is 12.8. The largest absolute Gasteiger partial charge is 0.497 e. The lowest BCUT2D eigenvalue weighted by Crippen LogP contribution is -2.35. The van der Waals surface area contributed by atoms with Crippen molar-refractivity contribution in [2.24, 2.45) is 0 Å². The van der Waals surface area contributed by atoms with Crippen LogP contribution >= 0.6 is 0 Å². The number of methoxy groups -OCH3 is 1. The van der Waals surface area contributed by atoms with Gasteiger partial charge in [-0.15, -0.1) is 0 Å². The van der Waals surface area contributed by atoms with Crippen LogP contribution in [-0.2, 0) is 4.79 Å². The molecule has 0 aliphatic heterocycles. The average Bonchev–Trinajstić information content (AvgIpc) is 2.36. The highest BCUT2D eigenvalue weighted by molar-refractivity contribution is 6.01. The summed E-state index contributed by atoms with van der Waals surface area (Å²) < 4.78 is 4.99. The Hall–Kier alpha value is -2.24. The summed E-state index contributed by atoms with van der Waals surface area (Å²) in [7, 11) is 2.99. The van der Waals surface area contributed by atoms with Gasteiger partial charge in [-0.2, -0.15) is 0 Å². The van der Waals surface area contributed by atoms with Crippen molar-refractivity contribution in [1.29, 1.82) is 0 Å². The molecule has 0 radical (unpaired) electrons. The third kappa shape index (κ3) is 3.37. The van der Waals surface area contributed by atoms with Crippen LogP contribution in [0.2, 0.25) is 0 Å². The zero-order valence-corrected chi connectivity index (χ0v) is 9.74. The molecular formula is C11H15N3O3.